The Morgan fingerprint density at radius 2 is 1.16 bits per heavy atom. The number of nitrogens with zero attached hydrogens (tertiary/aromatic N) is 7. The second-order valence-electron chi connectivity index (χ2n) is 16.7. The number of benzene rings is 4. The molecule has 23 heteroatoms. The van der Waals surface area contributed by atoms with Crippen LogP contribution in [0.1, 0.15) is 72.2 Å². The van der Waals surface area contributed by atoms with E-state index in [2.05, 4.69) is 45.1 Å². The van der Waals surface area contributed by atoms with Crippen molar-refractivity contribution in [1.82, 2.24) is 34.8 Å². The molecular weight excluding hydrogens is 1050 g/mol. The minimum absolute atomic E-state index is 0. The molecule has 0 aliphatic carbocycles. The molecule has 0 bridgehead atoms. The van der Waals surface area contributed by atoms with Crippen LogP contribution >= 0.6 is 58.8 Å². The fourth-order valence-corrected chi connectivity index (χ4v) is 8.73. The van der Waals surface area contributed by atoms with Gasteiger partial charge < -0.3 is 39.9 Å². The van der Waals surface area contributed by atoms with Gasteiger partial charge in [-0.25, -0.2) is 8.78 Å². The van der Waals surface area contributed by atoms with Gasteiger partial charge in [-0.3, -0.25) is 19.2 Å². The van der Waals surface area contributed by atoms with Gasteiger partial charge in [0.1, 0.15) is 34.7 Å². The Morgan fingerprint density at radius 3 is 1.66 bits per heavy atom. The summed E-state index contributed by atoms with van der Waals surface area (Å²) in [4.78, 5) is 48.0. The van der Waals surface area contributed by atoms with Crippen LogP contribution in [-0.2, 0) is 13.1 Å². The number of anilines is 4. The standard InChI is InChI=1S/C24H20Cl2FN5O2.C14H17ClN4.C6H5ClFN.C6H6O4.ClH/c1-13-29-30-24(32(13)12-14-4-6-15(25)7-5-14)19-3-2-10-31(19)21-20(22(33)23(21)34)28-18-9-8-16(26)11-17(18)27;1-10-17-18-14(13-3-2-8-16-13)19(10)9-11-4-6-12(15)7-5-11;7-4-1-2-6(9)5(8)3-4;1-9-5-3(7)4(8)6(5)10-2;/h4-9,11,19,28H,2-3,10,12H2,1H3;4-7,13,16H,2-3,8-9H2,1H3;1-3H,9H2;1-2H3;1H/t19-;13-;;;/m11.../s1. The van der Waals surface area contributed by atoms with Crippen LogP contribution in [0.5, 0.6) is 11.5 Å². The highest BCUT2D eigenvalue weighted by atomic mass is 35.5. The van der Waals surface area contributed by atoms with Crippen molar-refractivity contribution in [2.75, 3.05) is 43.3 Å². The molecule has 2 fully saturated rings. The van der Waals surface area contributed by atoms with E-state index in [-0.39, 0.29) is 57.7 Å². The molecule has 2 aliphatic heterocycles. The SMILES string of the molecule is COc1c(OC)c(=O)c1=O.Cc1nnc([C@H]2CCCN2)n1Cc1ccc(Cl)cc1.Cc1nnc([C@H]2CCCN2c2c(Nc3ccc(Cl)cc3F)c(=O)c2=O)n1Cc1ccc(Cl)cc1.Cl.Nc1ccc(Cl)cc1F. The molecule has 16 nitrogen and oxygen atoms in total. The number of hydrogen-bond acceptors (Lipinski definition) is 14. The highest BCUT2D eigenvalue weighted by molar-refractivity contribution is 6.31. The summed E-state index contributed by atoms with van der Waals surface area (Å²) in [6.07, 6.45) is 3.90. The highest BCUT2D eigenvalue weighted by Crippen LogP contribution is 2.39. The fourth-order valence-electron chi connectivity index (χ4n) is 8.16. The van der Waals surface area contributed by atoms with E-state index in [1.807, 2.05) is 71.8 Å². The maximum absolute atomic E-state index is 14.3. The van der Waals surface area contributed by atoms with Gasteiger partial charge in [-0.2, -0.15) is 0 Å². The van der Waals surface area contributed by atoms with Crippen LogP contribution in [0, 0.1) is 25.5 Å². The van der Waals surface area contributed by atoms with E-state index in [0.29, 0.717) is 35.0 Å². The number of nitrogens with two attached hydrogens (primary N) is 1. The van der Waals surface area contributed by atoms with Crippen LogP contribution in [0.15, 0.2) is 104 Å². The van der Waals surface area contributed by atoms with Gasteiger partial charge >= 0.3 is 0 Å². The topological polar surface area (TPSA) is 201 Å². The normalized spacial score (nSPS) is 14.8. The molecule has 6 aromatic carbocycles. The van der Waals surface area contributed by atoms with Crippen LogP contribution in [0.4, 0.5) is 31.5 Å². The van der Waals surface area contributed by atoms with Crippen molar-refractivity contribution in [2.24, 2.45) is 0 Å². The average molecular weight is 1100 g/mol. The van der Waals surface area contributed by atoms with Crippen molar-refractivity contribution in [3.05, 3.63) is 192 Å². The third-order valence-corrected chi connectivity index (χ3v) is 12.9. The minimum Gasteiger partial charge on any atom is -0.489 e. The predicted molar refractivity (Wildman–Crippen MR) is 283 cm³/mol. The maximum Gasteiger partial charge on any atom is 0.275 e. The lowest BCUT2D eigenvalue weighted by Crippen LogP contribution is -2.42. The van der Waals surface area contributed by atoms with E-state index >= 15 is 0 Å². The molecule has 2 atom stereocenters. The predicted octanol–water partition coefficient (Wildman–Crippen LogP) is 9.26. The molecule has 0 unspecified atom stereocenters. The molecular formula is C50H49Cl5F2N10O6. The number of nitrogen functional groups attached to an aromatic ring is 1. The zero-order valence-electron chi connectivity index (χ0n) is 39.7. The second-order valence-corrected chi connectivity index (χ2v) is 18.4. The van der Waals surface area contributed by atoms with E-state index in [1.54, 1.807) is 6.07 Å². The summed E-state index contributed by atoms with van der Waals surface area (Å²) >= 11 is 23.2. The summed E-state index contributed by atoms with van der Waals surface area (Å²) in [7, 11) is 2.64. The van der Waals surface area contributed by atoms with E-state index in [0.717, 1.165) is 66.5 Å². The van der Waals surface area contributed by atoms with Crippen molar-refractivity contribution in [1.29, 1.82) is 0 Å². The van der Waals surface area contributed by atoms with Crippen molar-refractivity contribution in [3.63, 3.8) is 0 Å². The summed E-state index contributed by atoms with van der Waals surface area (Å²) in [5.74, 6) is 2.42. The van der Waals surface area contributed by atoms with Gasteiger partial charge in [0.25, 0.3) is 21.7 Å². The van der Waals surface area contributed by atoms with Crippen LogP contribution < -0.4 is 52.5 Å². The Labute approximate surface area is 443 Å². The first kappa shape index (κ1) is 55.9. The number of hydrogen-bond donors (Lipinski definition) is 3. The Balaban J connectivity index is 0.000000185. The van der Waals surface area contributed by atoms with Crippen molar-refractivity contribution in [2.45, 2.75) is 64.7 Å². The third kappa shape index (κ3) is 13.0. The van der Waals surface area contributed by atoms with Gasteiger partial charge in [-0.05, 0) is 118 Å². The van der Waals surface area contributed by atoms with Crippen molar-refractivity contribution in [3.8, 4) is 11.5 Å². The van der Waals surface area contributed by atoms with Crippen molar-refractivity contribution < 1.29 is 18.3 Å². The Bertz CT molecular complexity index is 3280. The minimum atomic E-state index is -0.672. The lowest BCUT2D eigenvalue weighted by molar-refractivity contribution is 0.339. The number of rotatable bonds is 11. The first-order valence-electron chi connectivity index (χ1n) is 22.4. The molecule has 2 aromatic heterocycles. The van der Waals surface area contributed by atoms with Gasteiger partial charge in [0.2, 0.25) is 11.5 Å². The molecule has 10 rings (SSSR count). The smallest absolute Gasteiger partial charge is 0.275 e. The number of aryl methyl sites for hydroxylation is 2. The zero-order chi connectivity index (χ0) is 51.8. The lowest BCUT2D eigenvalue weighted by atomic mass is 10.1. The fraction of sp³-hybridized carbons (Fsp3) is 0.280. The Kier molecular flexibility index (Phi) is 19.2. The molecule has 73 heavy (non-hydrogen) atoms. The summed E-state index contributed by atoms with van der Waals surface area (Å²) in [6, 6.07) is 23.8. The van der Waals surface area contributed by atoms with E-state index in [9.17, 15) is 28.0 Å². The molecule has 2 aliphatic rings. The monoisotopic (exact) mass is 1100 g/mol. The molecule has 2 saturated heterocycles. The highest BCUT2D eigenvalue weighted by Gasteiger charge is 2.37. The first-order valence-corrected chi connectivity index (χ1v) is 24.0. The summed E-state index contributed by atoms with van der Waals surface area (Å²) < 4.78 is 40.0. The molecule has 0 saturated carbocycles. The number of halogens is 7. The first-order chi connectivity index (χ1) is 34.5. The van der Waals surface area contributed by atoms with Gasteiger partial charge in [0, 0.05) is 26.6 Å². The number of nitrogens with one attached hydrogen (secondary N) is 2. The summed E-state index contributed by atoms with van der Waals surface area (Å²) in [5.41, 5.74) is 5.45. The van der Waals surface area contributed by atoms with Crippen molar-refractivity contribution >= 4 is 81.6 Å². The Morgan fingerprint density at radius 1 is 0.658 bits per heavy atom. The van der Waals surface area contributed by atoms with E-state index in [1.165, 1.54) is 50.5 Å². The maximum atomic E-state index is 14.3. The largest absolute Gasteiger partial charge is 0.489 e. The number of ether oxygens (including phenoxy) is 2. The quantitative estimate of drug-likeness (QED) is 0.0817. The average Bonchev–Trinajstić information content (AvgIpc) is 4.21. The second kappa shape index (κ2) is 25.0. The van der Waals surface area contributed by atoms with Gasteiger partial charge in [0.15, 0.2) is 11.6 Å². The molecule has 0 radical (unpaired) electrons. The van der Waals surface area contributed by atoms with Gasteiger partial charge in [-0.1, -0.05) is 70.7 Å². The molecule has 4 heterocycles. The zero-order valence-corrected chi connectivity index (χ0v) is 43.6. The molecule has 8 aromatic rings. The molecule has 4 N–H and O–H groups in total. The molecule has 0 amide bonds. The van der Waals surface area contributed by atoms with Gasteiger partial charge in [-0.15, -0.1) is 32.8 Å². The number of aromatic nitrogens is 6. The van der Waals surface area contributed by atoms with Crippen LogP contribution in [0.2, 0.25) is 20.1 Å². The summed E-state index contributed by atoms with van der Waals surface area (Å²) in [6.45, 7) is 6.85. The lowest BCUT2D eigenvalue weighted by Gasteiger charge is -2.29. The summed E-state index contributed by atoms with van der Waals surface area (Å²) in [5, 5.41) is 25.5. The van der Waals surface area contributed by atoms with E-state index in [4.69, 9.17) is 52.1 Å². The Hall–Kier alpha value is -6.41. The van der Waals surface area contributed by atoms with Gasteiger partial charge in [0.05, 0.1) is 50.8 Å². The number of methoxy groups -OCH3 is 2. The van der Waals surface area contributed by atoms with Crippen LogP contribution in [0.3, 0.4) is 0 Å². The molecule has 384 valence electrons. The van der Waals surface area contributed by atoms with Crippen LogP contribution in [-0.4, -0.2) is 56.8 Å². The van der Waals surface area contributed by atoms with Crippen LogP contribution in [0.25, 0.3) is 0 Å². The third-order valence-electron chi connectivity index (χ3n) is 11.9. The van der Waals surface area contributed by atoms with E-state index < -0.39 is 33.3 Å². The molecule has 0 spiro atoms.